The number of fused-ring (bicyclic) bond motifs is 4. The number of benzene rings is 3. The zero-order valence-electron chi connectivity index (χ0n) is 13.3. The normalized spacial score (nSPS) is 24.4. The van der Waals surface area contributed by atoms with Crippen LogP contribution in [0.25, 0.3) is 10.8 Å². The molecule has 1 aliphatic heterocycles. The second-order valence-corrected chi connectivity index (χ2v) is 6.82. The minimum Gasteiger partial charge on any atom is -0.508 e. The number of allylic oxidation sites excluding steroid dienone is 2. The van der Waals surface area contributed by atoms with E-state index in [1.807, 2.05) is 12.1 Å². The van der Waals surface area contributed by atoms with Crippen LogP contribution < -0.4 is 5.32 Å². The summed E-state index contributed by atoms with van der Waals surface area (Å²) in [5.41, 5.74) is 3.72. The van der Waals surface area contributed by atoms with Crippen LogP contribution in [0.2, 0.25) is 0 Å². The third kappa shape index (κ3) is 1.96. The van der Waals surface area contributed by atoms with E-state index in [0.29, 0.717) is 17.6 Å². The van der Waals surface area contributed by atoms with Crippen molar-refractivity contribution in [3.8, 4) is 5.75 Å². The van der Waals surface area contributed by atoms with Crippen LogP contribution in [0.4, 0.5) is 5.69 Å². The van der Waals surface area contributed by atoms with Crippen LogP contribution in [0.15, 0.2) is 72.8 Å². The monoisotopic (exact) mass is 313 g/mol. The third-order valence-electron chi connectivity index (χ3n) is 5.50. The van der Waals surface area contributed by atoms with Gasteiger partial charge < -0.3 is 10.4 Å². The molecular weight excluding hydrogens is 294 g/mol. The summed E-state index contributed by atoms with van der Waals surface area (Å²) in [4.78, 5) is 0. The minimum absolute atomic E-state index is 0.285. The van der Waals surface area contributed by atoms with Gasteiger partial charge in [0.1, 0.15) is 5.75 Å². The first-order valence-electron chi connectivity index (χ1n) is 8.55. The maximum absolute atomic E-state index is 9.88. The fourth-order valence-corrected chi connectivity index (χ4v) is 4.41. The van der Waals surface area contributed by atoms with E-state index in [-0.39, 0.29) is 6.04 Å². The first kappa shape index (κ1) is 13.7. The van der Waals surface area contributed by atoms with Crippen molar-refractivity contribution >= 4 is 16.5 Å². The third-order valence-corrected chi connectivity index (χ3v) is 5.50. The van der Waals surface area contributed by atoms with Crippen molar-refractivity contribution in [2.45, 2.75) is 18.4 Å². The zero-order valence-corrected chi connectivity index (χ0v) is 13.3. The van der Waals surface area contributed by atoms with Crippen LogP contribution in [0.5, 0.6) is 5.75 Å². The van der Waals surface area contributed by atoms with Crippen LogP contribution in [0, 0.1) is 5.92 Å². The molecule has 0 fully saturated rings. The van der Waals surface area contributed by atoms with Crippen LogP contribution in [0.1, 0.15) is 29.5 Å². The molecule has 0 radical (unpaired) electrons. The van der Waals surface area contributed by atoms with Gasteiger partial charge in [0.25, 0.3) is 0 Å². The summed E-state index contributed by atoms with van der Waals surface area (Å²) in [6, 6.07) is 21.2. The summed E-state index contributed by atoms with van der Waals surface area (Å²) >= 11 is 0. The number of phenolic OH excluding ortho intramolecular Hbond substituents is 1. The van der Waals surface area contributed by atoms with E-state index in [2.05, 4.69) is 59.9 Å². The molecule has 1 heterocycles. The topological polar surface area (TPSA) is 32.3 Å². The highest BCUT2D eigenvalue weighted by Crippen LogP contribution is 2.51. The molecule has 2 heteroatoms. The molecule has 1 aliphatic carbocycles. The predicted molar refractivity (Wildman–Crippen MR) is 98.4 cm³/mol. The largest absolute Gasteiger partial charge is 0.508 e. The van der Waals surface area contributed by atoms with Gasteiger partial charge in [-0.25, -0.2) is 0 Å². The molecule has 3 aromatic carbocycles. The number of hydrogen-bond acceptors (Lipinski definition) is 2. The lowest BCUT2D eigenvalue weighted by Gasteiger charge is -2.38. The Morgan fingerprint density at radius 3 is 2.75 bits per heavy atom. The second kappa shape index (κ2) is 5.13. The van der Waals surface area contributed by atoms with Crippen molar-refractivity contribution in [3.05, 3.63) is 83.9 Å². The summed E-state index contributed by atoms with van der Waals surface area (Å²) in [6.45, 7) is 0. The van der Waals surface area contributed by atoms with Gasteiger partial charge in [0.15, 0.2) is 0 Å². The van der Waals surface area contributed by atoms with Crippen molar-refractivity contribution in [1.82, 2.24) is 0 Å². The van der Waals surface area contributed by atoms with E-state index in [9.17, 15) is 5.11 Å². The molecule has 3 atom stereocenters. The van der Waals surface area contributed by atoms with Gasteiger partial charge in [-0.05, 0) is 52.4 Å². The molecular formula is C22H19NO. The predicted octanol–water partition coefficient (Wildman–Crippen LogP) is 5.37. The molecule has 118 valence electrons. The van der Waals surface area contributed by atoms with Gasteiger partial charge in [-0.3, -0.25) is 0 Å². The van der Waals surface area contributed by atoms with Crippen molar-refractivity contribution in [2.24, 2.45) is 5.92 Å². The average Bonchev–Trinajstić information content (AvgIpc) is 3.11. The number of hydrogen-bond donors (Lipinski definition) is 2. The fraction of sp³-hybridized carbons (Fsp3) is 0.182. The SMILES string of the molecule is Oc1ccc2c(c1)C1C=CCC1C(c1cccc3ccccc13)N2. The Morgan fingerprint density at radius 2 is 1.79 bits per heavy atom. The first-order chi connectivity index (χ1) is 11.8. The minimum atomic E-state index is 0.285. The van der Waals surface area contributed by atoms with E-state index in [0.717, 1.165) is 12.1 Å². The lowest BCUT2D eigenvalue weighted by Crippen LogP contribution is -2.29. The number of aromatic hydroxyl groups is 1. The Hall–Kier alpha value is -2.74. The van der Waals surface area contributed by atoms with Gasteiger partial charge in [-0.15, -0.1) is 0 Å². The number of rotatable bonds is 1. The van der Waals surface area contributed by atoms with Gasteiger partial charge in [0.05, 0.1) is 6.04 Å². The van der Waals surface area contributed by atoms with Crippen LogP contribution in [-0.2, 0) is 0 Å². The van der Waals surface area contributed by atoms with E-state index < -0.39 is 0 Å². The van der Waals surface area contributed by atoms with E-state index in [1.54, 1.807) is 6.07 Å². The summed E-state index contributed by atoms with van der Waals surface area (Å²) < 4.78 is 0. The van der Waals surface area contributed by atoms with Gasteiger partial charge in [0.2, 0.25) is 0 Å². The van der Waals surface area contributed by atoms with Crippen LogP contribution in [0.3, 0.4) is 0 Å². The average molecular weight is 313 g/mol. The maximum Gasteiger partial charge on any atom is 0.116 e. The molecule has 2 N–H and O–H groups in total. The first-order valence-corrected chi connectivity index (χ1v) is 8.55. The van der Waals surface area contributed by atoms with E-state index >= 15 is 0 Å². The Labute approximate surface area is 141 Å². The number of phenols is 1. The highest BCUT2D eigenvalue weighted by atomic mass is 16.3. The summed E-state index contributed by atoms with van der Waals surface area (Å²) in [5, 5.41) is 16.2. The van der Waals surface area contributed by atoms with Crippen molar-refractivity contribution in [2.75, 3.05) is 5.32 Å². The second-order valence-electron chi connectivity index (χ2n) is 6.82. The Kier molecular flexibility index (Phi) is 2.93. The lowest BCUT2D eigenvalue weighted by molar-refractivity contribution is 0.423. The molecule has 0 aromatic heterocycles. The van der Waals surface area contributed by atoms with Gasteiger partial charge in [-0.2, -0.15) is 0 Å². The van der Waals surface area contributed by atoms with Crippen LogP contribution >= 0.6 is 0 Å². The van der Waals surface area contributed by atoms with Gasteiger partial charge >= 0.3 is 0 Å². The van der Waals surface area contributed by atoms with Crippen molar-refractivity contribution in [3.63, 3.8) is 0 Å². The zero-order chi connectivity index (χ0) is 16.1. The summed E-state index contributed by atoms with van der Waals surface area (Å²) in [5.74, 6) is 1.21. The van der Waals surface area contributed by atoms with Gasteiger partial charge in [0, 0.05) is 11.6 Å². The molecule has 0 saturated carbocycles. The van der Waals surface area contributed by atoms with Crippen LogP contribution in [-0.4, -0.2) is 5.11 Å². The number of anilines is 1. The molecule has 2 nitrogen and oxygen atoms in total. The van der Waals surface area contributed by atoms with Crippen molar-refractivity contribution < 1.29 is 5.11 Å². The molecule has 0 saturated heterocycles. The Balaban J connectivity index is 1.68. The lowest BCUT2D eigenvalue weighted by atomic mass is 9.76. The molecule has 3 unspecified atom stereocenters. The molecule has 2 aliphatic rings. The maximum atomic E-state index is 9.88. The van der Waals surface area contributed by atoms with E-state index in [4.69, 9.17) is 0 Å². The van der Waals surface area contributed by atoms with Gasteiger partial charge in [-0.1, -0.05) is 54.6 Å². The molecule has 0 amide bonds. The smallest absolute Gasteiger partial charge is 0.116 e. The van der Waals surface area contributed by atoms with E-state index in [1.165, 1.54) is 21.9 Å². The molecule has 3 aromatic rings. The summed E-state index contributed by atoms with van der Waals surface area (Å²) in [6.07, 6.45) is 5.66. The Morgan fingerprint density at radius 1 is 0.917 bits per heavy atom. The molecule has 5 rings (SSSR count). The number of nitrogens with one attached hydrogen (secondary N) is 1. The Bertz CT molecular complexity index is 954. The molecule has 0 bridgehead atoms. The highest BCUT2D eigenvalue weighted by molar-refractivity contribution is 5.86. The highest BCUT2D eigenvalue weighted by Gasteiger charge is 2.38. The standard InChI is InChI=1S/C22H19NO/c24-15-11-12-21-20(13-15)17-8-4-10-19(17)22(23-21)18-9-3-6-14-5-1-2-7-16(14)18/h1-9,11-13,17,19,22-24H,10H2. The summed E-state index contributed by atoms with van der Waals surface area (Å²) in [7, 11) is 0. The quantitative estimate of drug-likeness (QED) is 0.467. The van der Waals surface area contributed by atoms with Crippen molar-refractivity contribution in [1.29, 1.82) is 0 Å². The fourth-order valence-electron chi connectivity index (χ4n) is 4.41. The molecule has 24 heavy (non-hydrogen) atoms. The molecule has 0 spiro atoms.